The SMILES string of the molecule is CCCCCc1cc(O)c2c(c1)OC(C)(C)C1CC[C@@](C)(O)[C@H](OCC)C21. The number of unbranched alkanes of at least 4 members (excludes halogenated alkanes) is 2. The van der Waals surface area contributed by atoms with E-state index in [2.05, 4.69) is 26.8 Å². The fourth-order valence-corrected chi connectivity index (χ4v) is 5.13. The first-order chi connectivity index (χ1) is 12.7. The smallest absolute Gasteiger partial charge is 0.127 e. The summed E-state index contributed by atoms with van der Waals surface area (Å²) in [6, 6.07) is 3.98. The van der Waals surface area contributed by atoms with Crippen LogP contribution in [0.25, 0.3) is 0 Å². The highest BCUT2D eigenvalue weighted by Crippen LogP contribution is 2.57. The van der Waals surface area contributed by atoms with E-state index in [-0.39, 0.29) is 29.3 Å². The molecule has 1 fully saturated rings. The number of aromatic hydroxyl groups is 1. The molecule has 0 aromatic heterocycles. The number of aliphatic hydroxyl groups is 1. The molecule has 27 heavy (non-hydrogen) atoms. The van der Waals surface area contributed by atoms with Crippen molar-refractivity contribution in [1.82, 2.24) is 0 Å². The Bertz CT molecular complexity index is 665. The van der Waals surface area contributed by atoms with Crippen LogP contribution in [0.5, 0.6) is 11.5 Å². The molecule has 1 aliphatic heterocycles. The number of hydrogen-bond donors (Lipinski definition) is 2. The maximum Gasteiger partial charge on any atom is 0.127 e. The molecule has 0 amide bonds. The summed E-state index contributed by atoms with van der Waals surface area (Å²) in [7, 11) is 0. The van der Waals surface area contributed by atoms with Crippen LogP contribution in [0.15, 0.2) is 12.1 Å². The minimum absolute atomic E-state index is 0.0721. The Morgan fingerprint density at radius 2 is 1.93 bits per heavy atom. The third kappa shape index (κ3) is 3.84. The molecule has 1 aromatic rings. The molecule has 3 rings (SSSR count). The second kappa shape index (κ2) is 7.63. The molecule has 0 radical (unpaired) electrons. The van der Waals surface area contributed by atoms with Crippen molar-refractivity contribution in [2.45, 2.75) is 96.4 Å². The van der Waals surface area contributed by atoms with E-state index in [9.17, 15) is 10.2 Å². The Balaban J connectivity index is 2.05. The summed E-state index contributed by atoms with van der Waals surface area (Å²) in [5.74, 6) is 1.16. The predicted molar refractivity (Wildman–Crippen MR) is 108 cm³/mol. The molecule has 4 atom stereocenters. The highest BCUT2D eigenvalue weighted by atomic mass is 16.5. The van der Waals surface area contributed by atoms with Crippen LogP contribution in [-0.4, -0.2) is 34.1 Å². The van der Waals surface area contributed by atoms with Gasteiger partial charge in [0.1, 0.15) is 17.1 Å². The Labute approximate surface area is 163 Å². The first-order valence-electron chi connectivity index (χ1n) is 10.6. The summed E-state index contributed by atoms with van der Waals surface area (Å²) in [6.45, 7) is 10.8. The van der Waals surface area contributed by atoms with Crippen LogP contribution in [-0.2, 0) is 11.2 Å². The van der Waals surface area contributed by atoms with Crippen LogP contribution < -0.4 is 4.74 Å². The molecule has 152 valence electrons. The van der Waals surface area contributed by atoms with Crippen molar-refractivity contribution in [2.75, 3.05) is 6.61 Å². The molecule has 1 heterocycles. The van der Waals surface area contributed by atoms with Gasteiger partial charge in [0.05, 0.1) is 11.7 Å². The van der Waals surface area contributed by atoms with Gasteiger partial charge in [0, 0.05) is 24.0 Å². The van der Waals surface area contributed by atoms with E-state index >= 15 is 0 Å². The number of rotatable bonds is 6. The number of ether oxygens (including phenoxy) is 2. The second-order valence-corrected chi connectivity index (χ2v) is 9.09. The Morgan fingerprint density at radius 1 is 1.19 bits per heavy atom. The lowest BCUT2D eigenvalue weighted by atomic mass is 9.61. The molecular weight excluding hydrogens is 340 g/mol. The average molecular weight is 377 g/mol. The van der Waals surface area contributed by atoms with E-state index in [1.165, 1.54) is 12.8 Å². The number of phenols is 1. The van der Waals surface area contributed by atoms with Gasteiger partial charge in [-0.1, -0.05) is 19.8 Å². The van der Waals surface area contributed by atoms with Gasteiger partial charge in [0.25, 0.3) is 0 Å². The van der Waals surface area contributed by atoms with Gasteiger partial charge in [-0.3, -0.25) is 0 Å². The molecule has 0 bridgehead atoms. The zero-order valence-electron chi connectivity index (χ0n) is 17.5. The van der Waals surface area contributed by atoms with E-state index in [1.54, 1.807) is 0 Å². The van der Waals surface area contributed by atoms with Crippen molar-refractivity contribution in [1.29, 1.82) is 0 Å². The number of benzene rings is 1. The molecule has 1 saturated carbocycles. The van der Waals surface area contributed by atoms with Crippen molar-refractivity contribution in [2.24, 2.45) is 5.92 Å². The lowest BCUT2D eigenvalue weighted by Gasteiger charge is -2.54. The second-order valence-electron chi connectivity index (χ2n) is 9.09. The first-order valence-corrected chi connectivity index (χ1v) is 10.6. The highest BCUT2D eigenvalue weighted by molar-refractivity contribution is 5.53. The van der Waals surface area contributed by atoms with Crippen LogP contribution in [0.3, 0.4) is 0 Å². The molecule has 0 saturated heterocycles. The van der Waals surface area contributed by atoms with Crippen LogP contribution in [0.4, 0.5) is 0 Å². The quantitative estimate of drug-likeness (QED) is 0.690. The molecule has 2 N–H and O–H groups in total. The van der Waals surface area contributed by atoms with Crippen LogP contribution in [0, 0.1) is 5.92 Å². The van der Waals surface area contributed by atoms with Crippen molar-refractivity contribution in [3.63, 3.8) is 0 Å². The molecule has 1 aliphatic carbocycles. The van der Waals surface area contributed by atoms with Crippen LogP contribution in [0.1, 0.15) is 83.8 Å². The topological polar surface area (TPSA) is 58.9 Å². The molecule has 2 aliphatic rings. The number of fused-ring (bicyclic) bond motifs is 3. The fraction of sp³-hybridized carbons (Fsp3) is 0.739. The Kier molecular flexibility index (Phi) is 5.79. The third-order valence-corrected chi connectivity index (χ3v) is 6.53. The lowest BCUT2D eigenvalue weighted by molar-refractivity contribution is -0.165. The van der Waals surface area contributed by atoms with Crippen molar-refractivity contribution < 1.29 is 19.7 Å². The third-order valence-electron chi connectivity index (χ3n) is 6.53. The van der Waals surface area contributed by atoms with Gasteiger partial charge in [-0.25, -0.2) is 0 Å². The summed E-state index contributed by atoms with van der Waals surface area (Å²) < 4.78 is 12.5. The number of hydrogen-bond acceptors (Lipinski definition) is 4. The van der Waals surface area contributed by atoms with Gasteiger partial charge in [-0.2, -0.15) is 0 Å². The summed E-state index contributed by atoms with van der Waals surface area (Å²) >= 11 is 0. The summed E-state index contributed by atoms with van der Waals surface area (Å²) in [5, 5.41) is 22.0. The average Bonchev–Trinajstić information content (AvgIpc) is 2.56. The number of aryl methyl sites for hydroxylation is 1. The summed E-state index contributed by atoms with van der Waals surface area (Å²) in [6.07, 6.45) is 5.60. The normalized spacial score (nSPS) is 31.7. The lowest BCUT2D eigenvalue weighted by Crippen LogP contribution is -2.58. The summed E-state index contributed by atoms with van der Waals surface area (Å²) in [5.41, 5.74) is 0.660. The van der Waals surface area contributed by atoms with E-state index in [0.29, 0.717) is 13.0 Å². The molecular formula is C23H36O4. The maximum absolute atomic E-state index is 11.0. The van der Waals surface area contributed by atoms with Gasteiger partial charge < -0.3 is 19.7 Å². The zero-order chi connectivity index (χ0) is 19.8. The summed E-state index contributed by atoms with van der Waals surface area (Å²) in [4.78, 5) is 0. The van der Waals surface area contributed by atoms with Gasteiger partial charge in [0.15, 0.2) is 0 Å². The molecule has 0 spiro atoms. The van der Waals surface area contributed by atoms with Crippen LogP contribution >= 0.6 is 0 Å². The van der Waals surface area contributed by atoms with E-state index in [0.717, 1.165) is 36.1 Å². The Hall–Kier alpha value is -1.26. The highest BCUT2D eigenvalue weighted by Gasteiger charge is 2.55. The van der Waals surface area contributed by atoms with Gasteiger partial charge in [0.2, 0.25) is 0 Å². The minimum Gasteiger partial charge on any atom is -0.508 e. The molecule has 1 aromatic carbocycles. The van der Waals surface area contributed by atoms with Gasteiger partial charge in [-0.05, 0) is 71.1 Å². The molecule has 4 nitrogen and oxygen atoms in total. The standard InChI is InChI=1S/C23H36O4/c1-6-8-9-10-15-13-17(24)20-18(14-15)27-22(3,4)16-11-12-23(5,25)21(19(16)20)26-7-2/h13-14,16,19,21,24-25H,6-12H2,1-5H3/t16?,19?,21-,23-/m1/s1. The number of phenolic OH excluding ortho intramolecular Hbond substituents is 1. The predicted octanol–water partition coefficient (Wildman–Crippen LogP) is 4.95. The van der Waals surface area contributed by atoms with E-state index in [4.69, 9.17) is 9.47 Å². The fourth-order valence-electron chi connectivity index (χ4n) is 5.13. The van der Waals surface area contributed by atoms with Crippen molar-refractivity contribution in [3.8, 4) is 11.5 Å². The minimum atomic E-state index is -0.909. The van der Waals surface area contributed by atoms with Gasteiger partial charge in [-0.15, -0.1) is 0 Å². The first kappa shape index (κ1) is 20.5. The Morgan fingerprint density at radius 3 is 2.59 bits per heavy atom. The largest absolute Gasteiger partial charge is 0.508 e. The molecule has 2 unspecified atom stereocenters. The van der Waals surface area contributed by atoms with Gasteiger partial charge >= 0.3 is 0 Å². The van der Waals surface area contributed by atoms with Crippen LogP contribution in [0.2, 0.25) is 0 Å². The van der Waals surface area contributed by atoms with Crippen molar-refractivity contribution >= 4 is 0 Å². The van der Waals surface area contributed by atoms with Crippen molar-refractivity contribution in [3.05, 3.63) is 23.3 Å². The molecule has 4 heteroatoms. The maximum atomic E-state index is 11.0. The van der Waals surface area contributed by atoms with E-state index in [1.807, 2.05) is 19.9 Å². The van der Waals surface area contributed by atoms with E-state index < -0.39 is 5.60 Å². The zero-order valence-corrected chi connectivity index (χ0v) is 17.5. The monoisotopic (exact) mass is 376 g/mol.